The predicted molar refractivity (Wildman–Crippen MR) is 153 cm³/mol. The van der Waals surface area contributed by atoms with Gasteiger partial charge in [0.05, 0.1) is 17.2 Å². The summed E-state index contributed by atoms with van der Waals surface area (Å²) in [5.41, 5.74) is 0.394. The van der Waals surface area contributed by atoms with Crippen LogP contribution in [0.1, 0.15) is 33.3 Å². The third-order valence-corrected chi connectivity index (χ3v) is 8.05. The SMILES string of the molecule is CCOc1ccc(N(CC(=O)N(Cc2ccccc2F)[C@H](C)C(=O)NC(C)C)S(=O)(=O)c2ccc(Cl)cc2)cc1. The Balaban J connectivity index is 2.04. The van der Waals surface area contributed by atoms with E-state index in [-0.39, 0.29) is 28.7 Å². The second-order valence-corrected chi connectivity index (χ2v) is 11.6. The Morgan fingerprint density at radius 1 is 0.975 bits per heavy atom. The van der Waals surface area contributed by atoms with Crippen molar-refractivity contribution in [1.29, 1.82) is 0 Å². The standard InChI is InChI=1S/C29H33ClFN3O5S/c1-5-39-25-14-12-24(13-15-25)34(40(37,38)26-16-10-23(30)11-17-26)19-28(35)33(21(4)29(36)32-20(2)3)18-22-8-6-7-9-27(22)31/h6-17,20-21H,5,18-19H2,1-4H3,(H,32,36)/t21-/m1/s1. The van der Waals surface area contributed by atoms with Crippen LogP contribution in [0.15, 0.2) is 77.7 Å². The lowest BCUT2D eigenvalue weighted by molar-refractivity contribution is -0.139. The number of carbonyl (C=O) groups excluding carboxylic acids is 2. The number of ether oxygens (including phenoxy) is 1. The summed E-state index contributed by atoms with van der Waals surface area (Å²) >= 11 is 5.97. The third-order valence-electron chi connectivity index (χ3n) is 6.01. The van der Waals surface area contributed by atoms with Gasteiger partial charge in [-0.05, 0) is 82.3 Å². The molecule has 2 amide bonds. The first kappa shape index (κ1) is 30.9. The molecule has 8 nitrogen and oxygen atoms in total. The summed E-state index contributed by atoms with van der Waals surface area (Å²) in [7, 11) is -4.26. The van der Waals surface area contributed by atoms with E-state index in [0.29, 0.717) is 17.4 Å². The number of halogens is 2. The van der Waals surface area contributed by atoms with Gasteiger partial charge in [0.2, 0.25) is 11.8 Å². The lowest BCUT2D eigenvalue weighted by Gasteiger charge is -2.32. The normalized spacial score (nSPS) is 12.1. The van der Waals surface area contributed by atoms with Crippen LogP contribution in [0.25, 0.3) is 0 Å². The van der Waals surface area contributed by atoms with Crippen LogP contribution in [0.4, 0.5) is 10.1 Å². The molecule has 0 spiro atoms. The molecule has 0 unspecified atom stereocenters. The molecule has 0 fully saturated rings. The van der Waals surface area contributed by atoms with E-state index in [1.807, 2.05) is 6.92 Å². The third kappa shape index (κ3) is 7.73. The van der Waals surface area contributed by atoms with Gasteiger partial charge in [-0.3, -0.25) is 13.9 Å². The van der Waals surface area contributed by atoms with Crippen molar-refractivity contribution in [3.8, 4) is 5.75 Å². The maximum atomic E-state index is 14.6. The number of nitrogens with one attached hydrogen (secondary N) is 1. The summed E-state index contributed by atoms with van der Waals surface area (Å²) in [6, 6.07) is 16.5. The van der Waals surface area contributed by atoms with E-state index in [1.165, 1.54) is 66.4 Å². The Hall–Kier alpha value is -3.63. The van der Waals surface area contributed by atoms with Crippen LogP contribution in [-0.2, 0) is 26.2 Å². The fourth-order valence-corrected chi connectivity index (χ4v) is 5.48. The molecule has 0 bridgehead atoms. The number of anilines is 1. The number of carbonyl (C=O) groups is 2. The van der Waals surface area contributed by atoms with E-state index in [0.717, 1.165) is 4.31 Å². The Morgan fingerprint density at radius 3 is 2.17 bits per heavy atom. The van der Waals surface area contributed by atoms with Crippen LogP contribution in [0.5, 0.6) is 5.75 Å². The quantitative estimate of drug-likeness (QED) is 0.320. The largest absolute Gasteiger partial charge is 0.494 e. The molecule has 1 N–H and O–H groups in total. The maximum Gasteiger partial charge on any atom is 0.264 e. The van der Waals surface area contributed by atoms with E-state index in [2.05, 4.69) is 5.32 Å². The summed E-state index contributed by atoms with van der Waals surface area (Å²) < 4.78 is 48.7. The molecule has 3 rings (SSSR count). The topological polar surface area (TPSA) is 96.0 Å². The molecule has 40 heavy (non-hydrogen) atoms. The minimum atomic E-state index is -4.26. The van der Waals surface area contributed by atoms with Crippen molar-refractivity contribution in [3.05, 3.63) is 89.2 Å². The van der Waals surface area contributed by atoms with Crippen LogP contribution < -0.4 is 14.4 Å². The Kier molecular flexibility index (Phi) is 10.5. The van der Waals surface area contributed by atoms with Gasteiger partial charge in [0, 0.05) is 23.2 Å². The van der Waals surface area contributed by atoms with Gasteiger partial charge in [0.15, 0.2) is 0 Å². The van der Waals surface area contributed by atoms with Crippen molar-refractivity contribution in [2.75, 3.05) is 17.5 Å². The number of nitrogens with zero attached hydrogens (tertiary/aromatic N) is 2. The number of benzene rings is 3. The van der Waals surface area contributed by atoms with Gasteiger partial charge in [0.25, 0.3) is 10.0 Å². The number of sulfonamides is 1. The van der Waals surface area contributed by atoms with E-state index in [4.69, 9.17) is 16.3 Å². The average molecular weight is 590 g/mol. The van der Waals surface area contributed by atoms with Crippen molar-refractivity contribution >= 4 is 39.1 Å². The van der Waals surface area contributed by atoms with Gasteiger partial charge < -0.3 is 15.0 Å². The molecule has 0 radical (unpaired) electrons. The van der Waals surface area contributed by atoms with Gasteiger partial charge in [-0.2, -0.15) is 0 Å². The van der Waals surface area contributed by atoms with Crippen LogP contribution in [0.3, 0.4) is 0 Å². The van der Waals surface area contributed by atoms with Crippen molar-refractivity contribution in [2.24, 2.45) is 0 Å². The van der Waals surface area contributed by atoms with Crippen molar-refractivity contribution in [1.82, 2.24) is 10.2 Å². The highest BCUT2D eigenvalue weighted by molar-refractivity contribution is 7.92. The zero-order valence-electron chi connectivity index (χ0n) is 22.8. The summed E-state index contributed by atoms with van der Waals surface area (Å²) in [5, 5.41) is 3.11. The molecule has 0 heterocycles. The molecule has 0 aliphatic carbocycles. The van der Waals surface area contributed by atoms with E-state index < -0.39 is 40.2 Å². The van der Waals surface area contributed by atoms with E-state index >= 15 is 0 Å². The second-order valence-electron chi connectivity index (χ2n) is 9.34. The number of hydrogen-bond donors (Lipinski definition) is 1. The molecule has 214 valence electrons. The molecule has 1 atom stereocenters. The zero-order valence-corrected chi connectivity index (χ0v) is 24.4. The minimum Gasteiger partial charge on any atom is -0.494 e. The fraction of sp³-hybridized carbons (Fsp3) is 0.310. The van der Waals surface area contributed by atoms with Crippen molar-refractivity contribution in [2.45, 2.75) is 51.2 Å². The average Bonchev–Trinajstić information content (AvgIpc) is 2.91. The summed E-state index contributed by atoms with van der Waals surface area (Å²) in [6.07, 6.45) is 0. The molecular formula is C29H33ClFN3O5S. The molecule has 0 aromatic heterocycles. The molecule has 3 aromatic rings. The smallest absolute Gasteiger partial charge is 0.264 e. The van der Waals surface area contributed by atoms with Crippen LogP contribution >= 0.6 is 11.6 Å². The fourth-order valence-electron chi connectivity index (χ4n) is 3.94. The molecular weight excluding hydrogens is 557 g/mol. The molecule has 0 aliphatic rings. The van der Waals surface area contributed by atoms with Gasteiger partial charge in [-0.1, -0.05) is 29.8 Å². The van der Waals surface area contributed by atoms with Crippen molar-refractivity contribution < 1.29 is 27.1 Å². The molecule has 11 heteroatoms. The summed E-state index contributed by atoms with van der Waals surface area (Å²) in [6.45, 7) is 6.44. The Bertz CT molecular complexity index is 1420. The highest BCUT2D eigenvalue weighted by Gasteiger charge is 2.33. The monoisotopic (exact) mass is 589 g/mol. The molecule has 0 aliphatic heterocycles. The van der Waals surface area contributed by atoms with E-state index in [9.17, 15) is 22.4 Å². The molecule has 3 aromatic carbocycles. The van der Waals surface area contributed by atoms with Gasteiger partial charge in [0.1, 0.15) is 24.2 Å². The van der Waals surface area contributed by atoms with Gasteiger partial charge in [-0.25, -0.2) is 12.8 Å². The predicted octanol–water partition coefficient (Wildman–Crippen LogP) is 5.02. The Morgan fingerprint density at radius 2 is 1.60 bits per heavy atom. The maximum absolute atomic E-state index is 14.6. The first-order valence-electron chi connectivity index (χ1n) is 12.8. The molecule has 0 saturated carbocycles. The van der Waals surface area contributed by atoms with Crippen LogP contribution in [0, 0.1) is 5.82 Å². The number of amides is 2. The number of rotatable bonds is 12. The van der Waals surface area contributed by atoms with Crippen LogP contribution in [0.2, 0.25) is 5.02 Å². The minimum absolute atomic E-state index is 0.0789. The zero-order chi connectivity index (χ0) is 29.4. The Labute approximate surface area is 239 Å². The van der Waals surface area contributed by atoms with Gasteiger partial charge >= 0.3 is 0 Å². The highest BCUT2D eigenvalue weighted by atomic mass is 35.5. The first-order valence-corrected chi connectivity index (χ1v) is 14.6. The highest BCUT2D eigenvalue weighted by Crippen LogP contribution is 2.27. The van der Waals surface area contributed by atoms with Crippen LogP contribution in [-0.4, -0.2) is 50.4 Å². The first-order chi connectivity index (χ1) is 18.9. The lowest BCUT2D eigenvalue weighted by Crippen LogP contribution is -2.52. The van der Waals surface area contributed by atoms with Gasteiger partial charge in [-0.15, -0.1) is 0 Å². The van der Waals surface area contributed by atoms with Crippen molar-refractivity contribution in [3.63, 3.8) is 0 Å². The van der Waals surface area contributed by atoms with E-state index in [1.54, 1.807) is 32.0 Å². The summed E-state index contributed by atoms with van der Waals surface area (Å²) in [4.78, 5) is 27.9. The second kappa shape index (κ2) is 13.6. The lowest BCUT2D eigenvalue weighted by atomic mass is 10.1. The number of hydrogen-bond acceptors (Lipinski definition) is 5. The summed E-state index contributed by atoms with van der Waals surface area (Å²) in [5.74, 6) is -1.16. The molecule has 0 saturated heterocycles.